The van der Waals surface area contributed by atoms with Crippen molar-refractivity contribution in [1.82, 2.24) is 19.3 Å². The molecule has 3 aromatic rings. The van der Waals surface area contributed by atoms with Crippen LogP contribution >= 0.6 is 0 Å². The summed E-state index contributed by atoms with van der Waals surface area (Å²) in [6.45, 7) is 4.38. The molecule has 1 aliphatic rings. The predicted octanol–water partition coefficient (Wildman–Crippen LogP) is 2.93. The summed E-state index contributed by atoms with van der Waals surface area (Å²) in [6.07, 6.45) is 4.37. The van der Waals surface area contributed by atoms with Crippen LogP contribution in [0.2, 0.25) is 0 Å². The lowest BCUT2D eigenvalue weighted by molar-refractivity contribution is -0.00488. The summed E-state index contributed by atoms with van der Waals surface area (Å²) in [5.41, 5.74) is 3.59. The SMILES string of the molecule is COc1cc(C)c(S(=O)(=O)N2CCO[C@H](c3cccc(-c4cncnc4)n3)C2)cc1C. The van der Waals surface area contributed by atoms with Crippen molar-refractivity contribution in [2.24, 2.45) is 0 Å². The van der Waals surface area contributed by atoms with E-state index in [-0.39, 0.29) is 18.0 Å². The lowest BCUT2D eigenvalue weighted by Gasteiger charge is -2.32. The molecule has 4 rings (SSSR count). The zero-order chi connectivity index (χ0) is 22.0. The van der Waals surface area contributed by atoms with Gasteiger partial charge in [0.2, 0.25) is 10.0 Å². The molecule has 0 spiro atoms. The van der Waals surface area contributed by atoms with Crippen molar-refractivity contribution in [1.29, 1.82) is 0 Å². The van der Waals surface area contributed by atoms with Gasteiger partial charge < -0.3 is 9.47 Å². The molecular formula is C22H24N4O4S. The molecule has 1 fully saturated rings. The van der Waals surface area contributed by atoms with E-state index < -0.39 is 16.1 Å². The largest absolute Gasteiger partial charge is 0.496 e. The van der Waals surface area contributed by atoms with Gasteiger partial charge in [0.15, 0.2) is 0 Å². The first kappa shape index (κ1) is 21.4. The van der Waals surface area contributed by atoms with Crippen LogP contribution in [-0.4, -0.2) is 54.5 Å². The van der Waals surface area contributed by atoms with Crippen molar-refractivity contribution in [2.75, 3.05) is 26.8 Å². The minimum Gasteiger partial charge on any atom is -0.496 e. The Morgan fingerprint density at radius 2 is 1.90 bits per heavy atom. The zero-order valence-corrected chi connectivity index (χ0v) is 18.5. The van der Waals surface area contributed by atoms with Gasteiger partial charge in [0.1, 0.15) is 18.2 Å². The average Bonchev–Trinajstić information content (AvgIpc) is 2.81. The van der Waals surface area contributed by atoms with Crippen LogP contribution in [-0.2, 0) is 14.8 Å². The van der Waals surface area contributed by atoms with E-state index in [0.29, 0.717) is 29.3 Å². The van der Waals surface area contributed by atoms with Crippen LogP contribution in [0.15, 0.2) is 53.9 Å². The van der Waals surface area contributed by atoms with E-state index in [2.05, 4.69) is 15.0 Å². The molecule has 2 aromatic heterocycles. The Morgan fingerprint density at radius 3 is 2.65 bits per heavy atom. The molecule has 1 atom stereocenters. The van der Waals surface area contributed by atoms with Crippen molar-refractivity contribution >= 4 is 10.0 Å². The molecule has 8 nitrogen and oxygen atoms in total. The maximum atomic E-state index is 13.4. The normalized spacial score (nSPS) is 17.5. The van der Waals surface area contributed by atoms with Crippen molar-refractivity contribution in [2.45, 2.75) is 24.8 Å². The summed E-state index contributed by atoms with van der Waals surface area (Å²) in [5, 5.41) is 0. The second-order valence-electron chi connectivity index (χ2n) is 7.38. The average molecular weight is 441 g/mol. The zero-order valence-electron chi connectivity index (χ0n) is 17.6. The first-order valence-corrected chi connectivity index (χ1v) is 11.3. The van der Waals surface area contributed by atoms with Gasteiger partial charge in [-0.15, -0.1) is 0 Å². The lowest BCUT2D eigenvalue weighted by atomic mass is 10.1. The lowest BCUT2D eigenvalue weighted by Crippen LogP contribution is -2.42. The molecule has 0 saturated carbocycles. The summed E-state index contributed by atoms with van der Waals surface area (Å²) >= 11 is 0. The van der Waals surface area contributed by atoms with Gasteiger partial charge in [0.25, 0.3) is 0 Å². The van der Waals surface area contributed by atoms with Crippen molar-refractivity contribution in [3.8, 4) is 17.0 Å². The van der Waals surface area contributed by atoms with E-state index in [1.807, 2.05) is 25.1 Å². The van der Waals surface area contributed by atoms with E-state index in [9.17, 15) is 8.42 Å². The summed E-state index contributed by atoms with van der Waals surface area (Å²) < 4.78 is 39.5. The fourth-order valence-electron chi connectivity index (χ4n) is 3.65. The molecule has 0 N–H and O–H groups in total. The summed E-state index contributed by atoms with van der Waals surface area (Å²) in [6, 6.07) is 9.01. The van der Waals surface area contributed by atoms with E-state index in [0.717, 1.165) is 11.1 Å². The van der Waals surface area contributed by atoms with Gasteiger partial charge in [-0.25, -0.2) is 23.4 Å². The van der Waals surface area contributed by atoms with Crippen LogP contribution in [0.5, 0.6) is 5.75 Å². The highest BCUT2D eigenvalue weighted by Gasteiger charge is 2.33. The Hall–Kier alpha value is -2.88. The molecule has 9 heteroatoms. The van der Waals surface area contributed by atoms with Crippen LogP contribution in [0.1, 0.15) is 22.9 Å². The molecule has 0 amide bonds. The third kappa shape index (κ3) is 4.30. The number of ether oxygens (including phenoxy) is 2. The van der Waals surface area contributed by atoms with E-state index in [1.165, 1.54) is 10.6 Å². The smallest absolute Gasteiger partial charge is 0.243 e. The van der Waals surface area contributed by atoms with Gasteiger partial charge >= 0.3 is 0 Å². The Kier molecular flexibility index (Phi) is 5.99. The first-order valence-electron chi connectivity index (χ1n) is 9.89. The Bertz CT molecular complexity index is 1190. The van der Waals surface area contributed by atoms with Gasteiger partial charge in [0.05, 0.1) is 30.0 Å². The third-order valence-electron chi connectivity index (χ3n) is 5.30. The van der Waals surface area contributed by atoms with E-state index in [1.54, 1.807) is 38.6 Å². The molecule has 0 aliphatic carbocycles. The van der Waals surface area contributed by atoms with E-state index >= 15 is 0 Å². The number of pyridine rings is 1. The van der Waals surface area contributed by atoms with Crippen LogP contribution in [0.3, 0.4) is 0 Å². The number of hydrogen-bond donors (Lipinski definition) is 0. The fourth-order valence-corrected chi connectivity index (χ4v) is 5.36. The third-order valence-corrected chi connectivity index (χ3v) is 7.30. The molecule has 0 unspecified atom stereocenters. The molecule has 0 radical (unpaired) electrons. The standard InChI is InChI=1S/C22H24N4O4S/c1-15-10-22(16(2)9-20(15)29-3)31(27,28)26-7-8-30-21(13-26)19-6-4-5-18(25-19)17-11-23-14-24-12-17/h4-6,9-12,14,21H,7-8,13H2,1-3H3/t21-/m0/s1. The molecular weight excluding hydrogens is 416 g/mol. The molecule has 0 bridgehead atoms. The first-order chi connectivity index (χ1) is 14.9. The monoisotopic (exact) mass is 440 g/mol. The van der Waals surface area contributed by atoms with Crippen LogP contribution < -0.4 is 4.74 Å². The van der Waals surface area contributed by atoms with Crippen molar-refractivity contribution in [3.05, 3.63) is 65.9 Å². The molecule has 31 heavy (non-hydrogen) atoms. The number of benzene rings is 1. The minimum atomic E-state index is -3.69. The second kappa shape index (κ2) is 8.70. The van der Waals surface area contributed by atoms with Crippen LogP contribution in [0, 0.1) is 13.8 Å². The number of rotatable bonds is 5. The minimum absolute atomic E-state index is 0.189. The van der Waals surface area contributed by atoms with Gasteiger partial charge in [-0.2, -0.15) is 4.31 Å². The molecule has 1 aliphatic heterocycles. The number of aromatic nitrogens is 3. The summed E-state index contributed by atoms with van der Waals surface area (Å²) in [5.74, 6) is 0.669. The number of morpholine rings is 1. The molecule has 3 heterocycles. The number of hydrogen-bond acceptors (Lipinski definition) is 7. The van der Waals surface area contributed by atoms with Gasteiger partial charge in [-0.1, -0.05) is 6.07 Å². The highest BCUT2D eigenvalue weighted by molar-refractivity contribution is 7.89. The predicted molar refractivity (Wildman–Crippen MR) is 115 cm³/mol. The van der Waals surface area contributed by atoms with Gasteiger partial charge in [-0.05, 0) is 49.2 Å². The fraction of sp³-hybridized carbons (Fsp3) is 0.318. The molecule has 1 aromatic carbocycles. The van der Waals surface area contributed by atoms with E-state index in [4.69, 9.17) is 9.47 Å². The quantitative estimate of drug-likeness (QED) is 0.602. The number of methoxy groups -OCH3 is 1. The number of nitrogens with zero attached hydrogens (tertiary/aromatic N) is 4. The highest BCUT2D eigenvalue weighted by atomic mass is 32.2. The molecule has 1 saturated heterocycles. The number of sulfonamides is 1. The maximum absolute atomic E-state index is 13.4. The topological polar surface area (TPSA) is 94.5 Å². The van der Waals surface area contributed by atoms with Gasteiger partial charge in [-0.3, -0.25) is 0 Å². The number of aryl methyl sites for hydroxylation is 2. The molecule has 162 valence electrons. The summed E-state index contributed by atoms with van der Waals surface area (Å²) in [4.78, 5) is 13.0. The van der Waals surface area contributed by atoms with Crippen LogP contribution in [0.4, 0.5) is 0 Å². The van der Waals surface area contributed by atoms with Crippen molar-refractivity contribution < 1.29 is 17.9 Å². The second-order valence-corrected chi connectivity index (χ2v) is 9.29. The Labute approximate surface area is 182 Å². The maximum Gasteiger partial charge on any atom is 0.243 e. The van der Waals surface area contributed by atoms with Gasteiger partial charge in [0, 0.05) is 31.0 Å². The Balaban J connectivity index is 1.61. The highest BCUT2D eigenvalue weighted by Crippen LogP contribution is 2.31. The van der Waals surface area contributed by atoms with Crippen LogP contribution in [0.25, 0.3) is 11.3 Å². The summed E-state index contributed by atoms with van der Waals surface area (Å²) in [7, 11) is -2.12. The Morgan fingerprint density at radius 1 is 1.13 bits per heavy atom. The van der Waals surface area contributed by atoms with Crippen molar-refractivity contribution in [3.63, 3.8) is 0 Å².